The Morgan fingerprint density at radius 1 is 1.26 bits per heavy atom. The molecule has 0 atom stereocenters. The smallest absolute Gasteiger partial charge is 0.338 e. The highest BCUT2D eigenvalue weighted by Crippen LogP contribution is 2.12. The van der Waals surface area contributed by atoms with Crippen LogP contribution in [0.15, 0.2) is 36.0 Å². The molecule has 1 aromatic carbocycles. The summed E-state index contributed by atoms with van der Waals surface area (Å²) in [6.45, 7) is 3.85. The van der Waals surface area contributed by atoms with Gasteiger partial charge < -0.3 is 14.8 Å². The molecule has 102 valence electrons. The molecule has 5 nitrogen and oxygen atoms in total. The lowest BCUT2D eigenvalue weighted by molar-refractivity contribution is -0.134. The Kier molecular flexibility index (Phi) is 5.60. The van der Waals surface area contributed by atoms with Crippen molar-refractivity contribution in [2.24, 2.45) is 0 Å². The highest BCUT2D eigenvalue weighted by atomic mass is 16.5. The van der Waals surface area contributed by atoms with Gasteiger partial charge >= 0.3 is 11.9 Å². The predicted octanol–water partition coefficient (Wildman–Crippen LogP) is 2.35. The van der Waals surface area contributed by atoms with E-state index < -0.39 is 5.97 Å². The Hall–Kier alpha value is -2.30. The predicted molar refractivity (Wildman–Crippen MR) is 71.8 cm³/mol. The van der Waals surface area contributed by atoms with Crippen LogP contribution < -0.4 is 5.32 Å². The maximum absolute atomic E-state index is 11.4. The van der Waals surface area contributed by atoms with E-state index >= 15 is 0 Å². The SMILES string of the molecule is CCOC(=O)c1ccc(N/C(C)=C/C(=O)OC)cc1. The summed E-state index contributed by atoms with van der Waals surface area (Å²) in [4.78, 5) is 22.5. The first kappa shape index (κ1) is 14.8. The summed E-state index contributed by atoms with van der Waals surface area (Å²) in [5.41, 5.74) is 1.91. The van der Waals surface area contributed by atoms with Gasteiger partial charge in [-0.3, -0.25) is 0 Å². The van der Waals surface area contributed by atoms with Crippen LogP contribution >= 0.6 is 0 Å². The third-order valence-corrected chi connectivity index (χ3v) is 2.27. The third-order valence-electron chi connectivity index (χ3n) is 2.27. The van der Waals surface area contributed by atoms with Gasteiger partial charge in [0.05, 0.1) is 19.3 Å². The summed E-state index contributed by atoms with van der Waals surface area (Å²) in [6.07, 6.45) is 1.35. The quantitative estimate of drug-likeness (QED) is 0.652. The average molecular weight is 263 g/mol. The fourth-order valence-corrected chi connectivity index (χ4v) is 1.40. The molecule has 19 heavy (non-hydrogen) atoms. The van der Waals surface area contributed by atoms with Crippen LogP contribution in [0.1, 0.15) is 24.2 Å². The van der Waals surface area contributed by atoms with Crippen molar-refractivity contribution in [1.29, 1.82) is 0 Å². The maximum atomic E-state index is 11.4. The molecule has 0 aliphatic heterocycles. The van der Waals surface area contributed by atoms with Gasteiger partial charge in [0.15, 0.2) is 0 Å². The molecule has 0 saturated heterocycles. The lowest BCUT2D eigenvalue weighted by Gasteiger charge is -2.07. The van der Waals surface area contributed by atoms with E-state index in [1.54, 1.807) is 38.1 Å². The summed E-state index contributed by atoms with van der Waals surface area (Å²) in [5, 5.41) is 3.01. The van der Waals surface area contributed by atoms with Gasteiger partial charge in [-0.25, -0.2) is 9.59 Å². The molecule has 0 aliphatic carbocycles. The van der Waals surface area contributed by atoms with Gasteiger partial charge in [-0.2, -0.15) is 0 Å². The Morgan fingerprint density at radius 3 is 2.42 bits per heavy atom. The van der Waals surface area contributed by atoms with Gasteiger partial charge in [-0.1, -0.05) is 0 Å². The van der Waals surface area contributed by atoms with E-state index in [-0.39, 0.29) is 5.97 Å². The summed E-state index contributed by atoms with van der Waals surface area (Å²) < 4.78 is 9.40. The molecule has 0 bridgehead atoms. The molecule has 0 saturated carbocycles. The van der Waals surface area contributed by atoms with Crippen molar-refractivity contribution in [1.82, 2.24) is 0 Å². The van der Waals surface area contributed by atoms with E-state index in [4.69, 9.17) is 4.74 Å². The fourth-order valence-electron chi connectivity index (χ4n) is 1.40. The largest absolute Gasteiger partial charge is 0.466 e. The molecular weight excluding hydrogens is 246 g/mol. The first-order valence-corrected chi connectivity index (χ1v) is 5.87. The van der Waals surface area contributed by atoms with Gasteiger partial charge in [0.25, 0.3) is 0 Å². The molecule has 0 aromatic heterocycles. The number of esters is 2. The zero-order chi connectivity index (χ0) is 14.3. The van der Waals surface area contributed by atoms with Crippen molar-refractivity contribution in [2.45, 2.75) is 13.8 Å². The van der Waals surface area contributed by atoms with E-state index in [1.165, 1.54) is 13.2 Å². The van der Waals surface area contributed by atoms with Gasteiger partial charge in [-0.05, 0) is 38.1 Å². The number of carbonyl (C=O) groups excluding carboxylic acids is 2. The number of carbonyl (C=O) groups is 2. The molecule has 1 rings (SSSR count). The third kappa shape index (κ3) is 4.83. The number of benzene rings is 1. The number of ether oxygens (including phenoxy) is 2. The average Bonchev–Trinajstić information content (AvgIpc) is 2.39. The Bertz CT molecular complexity index is 477. The molecule has 1 N–H and O–H groups in total. The Morgan fingerprint density at radius 2 is 1.89 bits per heavy atom. The lowest BCUT2D eigenvalue weighted by Crippen LogP contribution is -2.05. The summed E-state index contributed by atoms with van der Waals surface area (Å²) in [5.74, 6) is -0.774. The van der Waals surface area contributed by atoms with Crippen LogP contribution in [-0.2, 0) is 14.3 Å². The molecular formula is C14H17NO4. The molecule has 0 amide bonds. The van der Waals surface area contributed by atoms with Gasteiger partial charge in [-0.15, -0.1) is 0 Å². The van der Waals surface area contributed by atoms with Crippen LogP contribution in [0.5, 0.6) is 0 Å². The summed E-state index contributed by atoms with van der Waals surface area (Å²) in [6, 6.07) is 6.79. The number of allylic oxidation sites excluding steroid dienone is 1. The number of methoxy groups -OCH3 is 1. The minimum atomic E-state index is -0.423. The number of hydrogen-bond donors (Lipinski definition) is 1. The second kappa shape index (κ2) is 7.20. The van der Waals surface area contributed by atoms with Gasteiger partial charge in [0.1, 0.15) is 0 Å². The Balaban J connectivity index is 2.69. The van der Waals surface area contributed by atoms with E-state index in [0.29, 0.717) is 17.9 Å². The van der Waals surface area contributed by atoms with Crippen LogP contribution in [-0.4, -0.2) is 25.7 Å². The standard InChI is InChI=1S/C14H17NO4/c1-4-19-14(17)11-5-7-12(8-6-11)15-10(2)9-13(16)18-3/h5-9,15H,4H2,1-3H3/b10-9+. The molecule has 0 unspecified atom stereocenters. The van der Waals surface area contributed by atoms with E-state index in [1.807, 2.05) is 0 Å². The first-order chi connectivity index (χ1) is 9.06. The number of hydrogen-bond acceptors (Lipinski definition) is 5. The minimum absolute atomic E-state index is 0.347. The minimum Gasteiger partial charge on any atom is -0.466 e. The van der Waals surface area contributed by atoms with E-state index in [0.717, 1.165) is 5.69 Å². The van der Waals surface area contributed by atoms with Gasteiger partial charge in [0, 0.05) is 17.5 Å². The van der Waals surface area contributed by atoms with Crippen LogP contribution in [0, 0.1) is 0 Å². The number of rotatable bonds is 5. The molecule has 0 fully saturated rings. The zero-order valence-electron chi connectivity index (χ0n) is 11.2. The van der Waals surface area contributed by atoms with Crippen molar-refractivity contribution in [3.8, 4) is 0 Å². The van der Waals surface area contributed by atoms with E-state index in [9.17, 15) is 9.59 Å². The highest BCUT2D eigenvalue weighted by Gasteiger charge is 2.05. The fraction of sp³-hybridized carbons (Fsp3) is 0.286. The van der Waals surface area contributed by atoms with Crippen LogP contribution in [0.25, 0.3) is 0 Å². The molecule has 5 heteroatoms. The maximum Gasteiger partial charge on any atom is 0.338 e. The highest BCUT2D eigenvalue weighted by molar-refractivity contribution is 5.89. The summed E-state index contributed by atoms with van der Waals surface area (Å²) >= 11 is 0. The zero-order valence-corrected chi connectivity index (χ0v) is 11.2. The van der Waals surface area contributed by atoms with Crippen LogP contribution in [0.3, 0.4) is 0 Å². The van der Waals surface area contributed by atoms with Crippen LogP contribution in [0.4, 0.5) is 5.69 Å². The van der Waals surface area contributed by atoms with Crippen molar-refractivity contribution in [3.63, 3.8) is 0 Å². The van der Waals surface area contributed by atoms with Crippen molar-refractivity contribution < 1.29 is 19.1 Å². The van der Waals surface area contributed by atoms with Crippen molar-refractivity contribution in [2.75, 3.05) is 19.0 Å². The van der Waals surface area contributed by atoms with Crippen molar-refractivity contribution >= 4 is 17.6 Å². The van der Waals surface area contributed by atoms with Crippen LogP contribution in [0.2, 0.25) is 0 Å². The van der Waals surface area contributed by atoms with Gasteiger partial charge in [0.2, 0.25) is 0 Å². The normalized spacial score (nSPS) is 10.8. The second-order valence-corrected chi connectivity index (χ2v) is 3.77. The lowest BCUT2D eigenvalue weighted by atomic mass is 10.2. The molecule has 1 aromatic rings. The van der Waals surface area contributed by atoms with E-state index in [2.05, 4.69) is 10.1 Å². The molecule has 0 heterocycles. The first-order valence-electron chi connectivity index (χ1n) is 5.87. The molecule has 0 spiro atoms. The number of anilines is 1. The topological polar surface area (TPSA) is 64.6 Å². The number of nitrogens with one attached hydrogen (secondary N) is 1. The van der Waals surface area contributed by atoms with Crippen molar-refractivity contribution in [3.05, 3.63) is 41.6 Å². The second-order valence-electron chi connectivity index (χ2n) is 3.77. The molecule has 0 radical (unpaired) electrons. The summed E-state index contributed by atoms with van der Waals surface area (Å²) in [7, 11) is 1.32. The Labute approximate surface area is 112 Å². The molecule has 0 aliphatic rings. The monoisotopic (exact) mass is 263 g/mol.